The predicted octanol–water partition coefficient (Wildman–Crippen LogP) is 2.99. The van der Waals surface area contributed by atoms with E-state index in [1.807, 2.05) is 42.5 Å². The van der Waals surface area contributed by atoms with Crippen LogP contribution >= 0.6 is 0 Å². The zero-order chi connectivity index (χ0) is 22.5. The van der Waals surface area contributed by atoms with Gasteiger partial charge in [0.15, 0.2) is 0 Å². The zero-order valence-electron chi connectivity index (χ0n) is 17.8. The van der Waals surface area contributed by atoms with Gasteiger partial charge in [0.1, 0.15) is 0 Å². The quantitative estimate of drug-likeness (QED) is 0.551. The number of aromatic nitrogens is 2. The Morgan fingerprint density at radius 3 is 2.78 bits per heavy atom. The average Bonchev–Trinajstić information content (AvgIpc) is 3.28. The molecular weight excluding hydrogens is 408 g/mol. The Kier molecular flexibility index (Phi) is 6.53. The number of nitrogens with zero attached hydrogens (tertiary/aromatic N) is 2. The topological polar surface area (TPSA) is 116 Å². The Morgan fingerprint density at radius 2 is 1.97 bits per heavy atom. The number of nitrogens with one attached hydrogen (secondary N) is 1. The van der Waals surface area contributed by atoms with Crippen molar-refractivity contribution in [3.8, 4) is 11.3 Å². The molecule has 8 nitrogen and oxygen atoms in total. The summed E-state index contributed by atoms with van der Waals surface area (Å²) < 4.78 is 10.6. The van der Waals surface area contributed by atoms with Crippen LogP contribution in [0.5, 0.6) is 0 Å². The number of carbonyl (C=O) groups excluding carboxylic acids is 2. The van der Waals surface area contributed by atoms with Crippen LogP contribution in [0.4, 0.5) is 5.69 Å². The molecule has 0 saturated carbocycles. The van der Waals surface area contributed by atoms with Gasteiger partial charge in [0.05, 0.1) is 31.2 Å². The first-order valence-electron chi connectivity index (χ1n) is 10.3. The summed E-state index contributed by atoms with van der Waals surface area (Å²) in [7, 11) is 0. The van der Waals surface area contributed by atoms with E-state index >= 15 is 0 Å². The third kappa shape index (κ3) is 4.82. The van der Waals surface area contributed by atoms with E-state index in [2.05, 4.69) is 15.3 Å². The van der Waals surface area contributed by atoms with Crippen molar-refractivity contribution in [2.75, 3.05) is 11.9 Å². The van der Waals surface area contributed by atoms with Crippen LogP contribution in [0.15, 0.2) is 48.5 Å². The second-order valence-corrected chi connectivity index (χ2v) is 7.42. The van der Waals surface area contributed by atoms with E-state index in [1.54, 1.807) is 6.07 Å². The van der Waals surface area contributed by atoms with Crippen molar-refractivity contribution in [3.05, 3.63) is 76.7 Å². The fourth-order valence-corrected chi connectivity index (χ4v) is 3.58. The van der Waals surface area contributed by atoms with E-state index in [1.165, 1.54) is 6.92 Å². The monoisotopic (exact) mass is 432 g/mol. The largest absolute Gasteiger partial charge is 0.466 e. The van der Waals surface area contributed by atoms with E-state index < -0.39 is 5.91 Å². The Hall–Kier alpha value is -3.62. The number of amides is 1. The maximum absolute atomic E-state index is 13.1. The highest BCUT2D eigenvalue weighted by Crippen LogP contribution is 2.29. The Balaban J connectivity index is 1.62. The van der Waals surface area contributed by atoms with Gasteiger partial charge in [0, 0.05) is 36.7 Å². The molecule has 0 fully saturated rings. The van der Waals surface area contributed by atoms with Gasteiger partial charge >= 0.3 is 5.97 Å². The number of ether oxygens (including phenoxy) is 2. The zero-order valence-corrected chi connectivity index (χ0v) is 17.8. The van der Waals surface area contributed by atoms with Crippen molar-refractivity contribution < 1.29 is 19.1 Å². The Labute approximate surface area is 185 Å². The number of fused-ring (bicyclic) bond motifs is 1. The highest BCUT2D eigenvalue weighted by molar-refractivity contribution is 6.02. The first kappa shape index (κ1) is 21.6. The molecule has 0 bridgehead atoms. The summed E-state index contributed by atoms with van der Waals surface area (Å²) in [5.41, 5.74) is 11.4. The molecule has 0 saturated heterocycles. The molecule has 1 aromatic heterocycles. The molecule has 2 heterocycles. The molecule has 0 aliphatic carbocycles. The standard InChI is InChI=1S/C24H24N4O4/c1-15(29)32-10-9-17-6-2-3-8-20(17)27-24(30)23-26-21-14-31-13-19(21)22(28-23)18-7-4-5-16(11-18)12-25/h2-8,11H,9-10,12-14,25H2,1H3,(H,27,30). The van der Waals surface area contributed by atoms with E-state index in [9.17, 15) is 9.59 Å². The molecule has 4 rings (SSSR count). The first-order chi connectivity index (χ1) is 15.5. The van der Waals surface area contributed by atoms with Crippen LogP contribution in [0.1, 0.15) is 39.9 Å². The van der Waals surface area contributed by atoms with Gasteiger partial charge < -0.3 is 20.5 Å². The summed E-state index contributed by atoms with van der Waals surface area (Å²) in [5.74, 6) is -0.695. The summed E-state index contributed by atoms with van der Waals surface area (Å²) in [6, 6.07) is 15.1. The minimum atomic E-state index is -0.420. The fraction of sp³-hybridized carbons (Fsp3) is 0.250. The molecule has 32 heavy (non-hydrogen) atoms. The van der Waals surface area contributed by atoms with E-state index in [-0.39, 0.29) is 18.4 Å². The summed E-state index contributed by atoms with van der Waals surface area (Å²) in [6.07, 6.45) is 0.478. The summed E-state index contributed by atoms with van der Waals surface area (Å²) in [4.78, 5) is 33.1. The van der Waals surface area contributed by atoms with E-state index in [0.29, 0.717) is 43.3 Å². The van der Waals surface area contributed by atoms with Crippen molar-refractivity contribution in [2.45, 2.75) is 33.1 Å². The van der Waals surface area contributed by atoms with Crippen LogP contribution < -0.4 is 11.1 Å². The van der Waals surface area contributed by atoms with E-state index in [0.717, 1.165) is 22.3 Å². The smallest absolute Gasteiger partial charge is 0.302 e. The van der Waals surface area contributed by atoms with Gasteiger partial charge in [-0.3, -0.25) is 9.59 Å². The molecule has 3 N–H and O–H groups in total. The number of carbonyl (C=O) groups is 2. The Bertz CT molecular complexity index is 1160. The minimum absolute atomic E-state index is 0.0668. The molecular formula is C24H24N4O4. The molecule has 1 amide bonds. The lowest BCUT2D eigenvalue weighted by molar-refractivity contribution is -0.140. The minimum Gasteiger partial charge on any atom is -0.466 e. The molecule has 1 aliphatic rings. The lowest BCUT2D eigenvalue weighted by Crippen LogP contribution is -2.19. The van der Waals surface area contributed by atoms with Crippen molar-refractivity contribution in [1.29, 1.82) is 0 Å². The highest BCUT2D eigenvalue weighted by Gasteiger charge is 2.24. The molecule has 2 aromatic carbocycles. The number of anilines is 1. The van der Waals surface area contributed by atoms with Crippen LogP contribution in [0.3, 0.4) is 0 Å². The third-order valence-electron chi connectivity index (χ3n) is 5.16. The number of rotatable bonds is 7. The molecule has 0 radical (unpaired) electrons. The number of esters is 1. The fourth-order valence-electron chi connectivity index (χ4n) is 3.58. The van der Waals surface area contributed by atoms with Gasteiger partial charge in [-0.1, -0.05) is 36.4 Å². The average molecular weight is 432 g/mol. The number of benzene rings is 2. The van der Waals surface area contributed by atoms with Gasteiger partial charge in [-0.25, -0.2) is 9.97 Å². The van der Waals surface area contributed by atoms with Crippen LogP contribution in [-0.2, 0) is 40.4 Å². The van der Waals surface area contributed by atoms with Crippen molar-refractivity contribution in [1.82, 2.24) is 9.97 Å². The lowest BCUT2D eigenvalue weighted by Gasteiger charge is -2.13. The van der Waals surface area contributed by atoms with E-state index in [4.69, 9.17) is 15.2 Å². The first-order valence-corrected chi connectivity index (χ1v) is 10.3. The van der Waals surface area contributed by atoms with Crippen LogP contribution in [0, 0.1) is 0 Å². The van der Waals surface area contributed by atoms with Crippen LogP contribution in [0.2, 0.25) is 0 Å². The van der Waals surface area contributed by atoms with Crippen LogP contribution in [0.25, 0.3) is 11.3 Å². The molecule has 3 aromatic rings. The third-order valence-corrected chi connectivity index (χ3v) is 5.16. The lowest BCUT2D eigenvalue weighted by atomic mass is 10.0. The van der Waals surface area contributed by atoms with Crippen molar-refractivity contribution >= 4 is 17.6 Å². The van der Waals surface area contributed by atoms with Gasteiger partial charge in [-0.2, -0.15) is 0 Å². The van der Waals surface area contributed by atoms with Gasteiger partial charge in [-0.15, -0.1) is 0 Å². The van der Waals surface area contributed by atoms with Crippen LogP contribution in [-0.4, -0.2) is 28.5 Å². The highest BCUT2D eigenvalue weighted by atomic mass is 16.5. The number of hydrogen-bond acceptors (Lipinski definition) is 7. The summed E-state index contributed by atoms with van der Waals surface area (Å²) in [5, 5.41) is 2.89. The normalized spacial score (nSPS) is 12.3. The van der Waals surface area contributed by atoms with Gasteiger partial charge in [-0.05, 0) is 23.3 Å². The molecule has 0 spiro atoms. The van der Waals surface area contributed by atoms with Crippen molar-refractivity contribution in [2.24, 2.45) is 5.73 Å². The molecule has 0 unspecified atom stereocenters. The number of para-hydroxylation sites is 1. The van der Waals surface area contributed by atoms with Gasteiger partial charge in [0.2, 0.25) is 5.82 Å². The molecule has 0 atom stereocenters. The van der Waals surface area contributed by atoms with Crippen molar-refractivity contribution in [3.63, 3.8) is 0 Å². The maximum Gasteiger partial charge on any atom is 0.302 e. The Morgan fingerprint density at radius 1 is 1.12 bits per heavy atom. The predicted molar refractivity (Wildman–Crippen MR) is 119 cm³/mol. The SMILES string of the molecule is CC(=O)OCCc1ccccc1NC(=O)c1nc2c(c(-c3cccc(CN)c3)n1)COC2. The molecule has 1 aliphatic heterocycles. The molecule has 164 valence electrons. The number of hydrogen-bond donors (Lipinski definition) is 2. The maximum atomic E-state index is 13.1. The summed E-state index contributed by atoms with van der Waals surface area (Å²) >= 11 is 0. The second-order valence-electron chi connectivity index (χ2n) is 7.42. The summed E-state index contributed by atoms with van der Waals surface area (Å²) in [6.45, 7) is 2.74. The number of nitrogens with two attached hydrogens (primary N) is 1. The van der Waals surface area contributed by atoms with Gasteiger partial charge in [0.25, 0.3) is 5.91 Å². The second kappa shape index (κ2) is 9.67. The molecule has 8 heteroatoms.